The number of aromatic nitrogens is 1. The first-order chi connectivity index (χ1) is 12.1. The molecule has 0 atom stereocenters. The van der Waals surface area contributed by atoms with Gasteiger partial charge in [0.1, 0.15) is 11.6 Å². The van der Waals surface area contributed by atoms with Crippen LogP contribution in [0.2, 0.25) is 0 Å². The van der Waals surface area contributed by atoms with Gasteiger partial charge in [0.05, 0.1) is 0 Å². The maximum absolute atomic E-state index is 12.1. The minimum absolute atomic E-state index is 0.113. The summed E-state index contributed by atoms with van der Waals surface area (Å²) in [5.41, 5.74) is 5.56. The van der Waals surface area contributed by atoms with Crippen LogP contribution in [0.4, 0.5) is 0 Å². The molecule has 2 aromatic rings. The molecule has 136 valence electrons. The number of benzene rings is 1. The molecule has 26 heavy (non-hydrogen) atoms. The van der Waals surface area contributed by atoms with Crippen molar-refractivity contribution in [2.45, 2.75) is 40.0 Å². The molecule has 0 aliphatic rings. The van der Waals surface area contributed by atoms with Crippen molar-refractivity contribution in [1.82, 2.24) is 9.47 Å². The lowest BCUT2D eigenvalue weighted by atomic mass is 9.87. The second kappa shape index (κ2) is 7.21. The third-order valence-electron chi connectivity index (χ3n) is 4.52. The molecule has 1 aromatic carbocycles. The van der Waals surface area contributed by atoms with E-state index in [9.17, 15) is 10.1 Å². The fourth-order valence-corrected chi connectivity index (χ4v) is 2.98. The quantitative estimate of drug-likeness (QED) is 0.609. The lowest BCUT2D eigenvalue weighted by Crippen LogP contribution is -2.22. The van der Waals surface area contributed by atoms with Crippen LogP contribution < -0.4 is 0 Å². The van der Waals surface area contributed by atoms with Gasteiger partial charge in [-0.1, -0.05) is 32.9 Å². The SMILES string of the molecule is Cc1cc(/C=C(/C#N)C(=O)N(C)C)c(C)n1-c1ccc(C(C)(C)C)cc1. The lowest BCUT2D eigenvalue weighted by molar-refractivity contribution is -0.124. The van der Waals surface area contributed by atoms with E-state index in [0.29, 0.717) is 0 Å². The van der Waals surface area contributed by atoms with Crippen LogP contribution >= 0.6 is 0 Å². The zero-order valence-electron chi connectivity index (χ0n) is 16.7. The topological polar surface area (TPSA) is 49.0 Å². The summed E-state index contributed by atoms with van der Waals surface area (Å²) in [5.74, 6) is -0.285. The highest BCUT2D eigenvalue weighted by Gasteiger charge is 2.16. The summed E-state index contributed by atoms with van der Waals surface area (Å²) >= 11 is 0. The van der Waals surface area contributed by atoms with E-state index in [0.717, 1.165) is 22.6 Å². The summed E-state index contributed by atoms with van der Waals surface area (Å²) in [6.07, 6.45) is 1.67. The third-order valence-corrected chi connectivity index (χ3v) is 4.52. The van der Waals surface area contributed by atoms with Crippen LogP contribution in [0, 0.1) is 25.2 Å². The number of carbonyl (C=O) groups is 1. The Morgan fingerprint density at radius 1 is 1.15 bits per heavy atom. The number of rotatable bonds is 3. The van der Waals surface area contributed by atoms with E-state index >= 15 is 0 Å². The average molecular weight is 349 g/mol. The molecule has 0 aliphatic heterocycles. The number of nitriles is 1. The van der Waals surface area contributed by atoms with Crippen molar-refractivity contribution < 1.29 is 4.79 Å². The number of amides is 1. The van der Waals surface area contributed by atoms with Gasteiger partial charge in [0.25, 0.3) is 5.91 Å². The number of nitrogens with zero attached hydrogens (tertiary/aromatic N) is 3. The van der Waals surface area contributed by atoms with E-state index < -0.39 is 0 Å². The fraction of sp³-hybridized carbons (Fsp3) is 0.364. The van der Waals surface area contributed by atoms with Crippen LogP contribution in [0.5, 0.6) is 0 Å². The Bertz CT molecular complexity index is 885. The molecule has 0 spiro atoms. The molecule has 4 heteroatoms. The Morgan fingerprint density at radius 3 is 2.19 bits per heavy atom. The first-order valence-corrected chi connectivity index (χ1v) is 8.69. The van der Waals surface area contributed by atoms with Crippen LogP contribution in [-0.2, 0) is 10.2 Å². The molecule has 0 N–H and O–H groups in total. The maximum atomic E-state index is 12.1. The zero-order valence-corrected chi connectivity index (χ0v) is 16.7. The second-order valence-corrected chi connectivity index (χ2v) is 7.83. The Kier molecular flexibility index (Phi) is 5.41. The summed E-state index contributed by atoms with van der Waals surface area (Å²) in [6.45, 7) is 10.6. The van der Waals surface area contributed by atoms with E-state index in [1.165, 1.54) is 10.5 Å². The van der Waals surface area contributed by atoms with Gasteiger partial charge >= 0.3 is 0 Å². The molecule has 0 saturated carbocycles. The predicted octanol–water partition coefficient (Wildman–Crippen LogP) is 4.39. The average Bonchev–Trinajstić information content (AvgIpc) is 2.85. The molecule has 1 heterocycles. The van der Waals surface area contributed by atoms with Crippen LogP contribution in [-0.4, -0.2) is 29.5 Å². The number of likely N-dealkylation sites (N-methyl/N-ethyl adjacent to an activating group) is 1. The van der Waals surface area contributed by atoms with Gasteiger partial charge in [-0.05, 0) is 54.7 Å². The summed E-state index contributed by atoms with van der Waals surface area (Å²) in [4.78, 5) is 13.5. The summed E-state index contributed by atoms with van der Waals surface area (Å²) in [6, 6.07) is 12.6. The Hall–Kier alpha value is -2.80. The molecule has 2 rings (SSSR count). The van der Waals surface area contributed by atoms with Crippen molar-refractivity contribution in [2.24, 2.45) is 0 Å². The highest BCUT2D eigenvalue weighted by atomic mass is 16.2. The van der Waals surface area contributed by atoms with Gasteiger partial charge in [-0.25, -0.2) is 0 Å². The van der Waals surface area contributed by atoms with Gasteiger partial charge in [-0.2, -0.15) is 5.26 Å². The Labute approximate surface area is 156 Å². The molecule has 0 bridgehead atoms. The molecule has 0 aliphatic carbocycles. The highest BCUT2D eigenvalue weighted by molar-refractivity contribution is 6.01. The van der Waals surface area contributed by atoms with Crippen molar-refractivity contribution in [3.8, 4) is 11.8 Å². The van der Waals surface area contributed by atoms with Crippen molar-refractivity contribution in [2.75, 3.05) is 14.1 Å². The minimum Gasteiger partial charge on any atom is -0.344 e. The minimum atomic E-state index is -0.285. The number of carbonyl (C=O) groups excluding carboxylic acids is 1. The summed E-state index contributed by atoms with van der Waals surface area (Å²) < 4.78 is 2.15. The van der Waals surface area contributed by atoms with Gasteiger partial charge < -0.3 is 9.47 Å². The molecule has 0 saturated heterocycles. The summed E-state index contributed by atoms with van der Waals surface area (Å²) in [5, 5.41) is 9.32. The highest BCUT2D eigenvalue weighted by Crippen LogP contribution is 2.26. The van der Waals surface area contributed by atoms with Crippen molar-refractivity contribution in [3.05, 3.63) is 58.4 Å². The monoisotopic (exact) mass is 349 g/mol. The van der Waals surface area contributed by atoms with E-state index in [1.807, 2.05) is 26.0 Å². The van der Waals surface area contributed by atoms with Gasteiger partial charge in [-0.3, -0.25) is 4.79 Å². The molecule has 0 unspecified atom stereocenters. The Balaban J connectivity index is 2.49. The predicted molar refractivity (Wildman–Crippen MR) is 106 cm³/mol. The molecule has 0 fully saturated rings. The Morgan fingerprint density at radius 2 is 1.73 bits per heavy atom. The van der Waals surface area contributed by atoms with Crippen molar-refractivity contribution in [3.63, 3.8) is 0 Å². The van der Waals surface area contributed by atoms with Crippen LogP contribution in [0.25, 0.3) is 11.8 Å². The lowest BCUT2D eigenvalue weighted by Gasteiger charge is -2.20. The first kappa shape index (κ1) is 19.5. The largest absolute Gasteiger partial charge is 0.344 e. The number of hydrogen-bond donors (Lipinski definition) is 0. The van der Waals surface area contributed by atoms with Gasteiger partial charge in [0.15, 0.2) is 0 Å². The number of hydrogen-bond acceptors (Lipinski definition) is 2. The van der Waals surface area contributed by atoms with Crippen LogP contribution in [0.1, 0.15) is 43.3 Å². The molecular formula is C22H27N3O. The van der Waals surface area contributed by atoms with Crippen molar-refractivity contribution >= 4 is 12.0 Å². The molecule has 4 nitrogen and oxygen atoms in total. The molecule has 0 radical (unpaired) electrons. The first-order valence-electron chi connectivity index (χ1n) is 8.69. The fourth-order valence-electron chi connectivity index (χ4n) is 2.98. The summed E-state index contributed by atoms with van der Waals surface area (Å²) in [7, 11) is 3.29. The normalized spacial score (nSPS) is 12.0. The third kappa shape index (κ3) is 3.88. The zero-order chi connectivity index (χ0) is 19.6. The standard InChI is InChI=1S/C22H27N3O/c1-15-12-17(13-18(14-23)21(26)24(6)7)16(2)25(15)20-10-8-19(9-11-20)22(3,4)5/h8-13H,1-7H3/b18-13-. The molecular weight excluding hydrogens is 322 g/mol. The van der Waals surface area contributed by atoms with E-state index in [4.69, 9.17) is 0 Å². The van der Waals surface area contributed by atoms with Crippen molar-refractivity contribution in [1.29, 1.82) is 5.26 Å². The smallest absolute Gasteiger partial charge is 0.264 e. The van der Waals surface area contributed by atoms with E-state index in [2.05, 4.69) is 49.6 Å². The van der Waals surface area contributed by atoms with Crippen LogP contribution in [0.15, 0.2) is 35.9 Å². The van der Waals surface area contributed by atoms with E-state index in [-0.39, 0.29) is 16.9 Å². The number of aryl methyl sites for hydroxylation is 1. The maximum Gasteiger partial charge on any atom is 0.264 e. The van der Waals surface area contributed by atoms with Crippen LogP contribution in [0.3, 0.4) is 0 Å². The van der Waals surface area contributed by atoms with Gasteiger partial charge in [0, 0.05) is 31.2 Å². The molecule has 1 amide bonds. The van der Waals surface area contributed by atoms with Gasteiger partial charge in [-0.15, -0.1) is 0 Å². The van der Waals surface area contributed by atoms with Gasteiger partial charge in [0.2, 0.25) is 0 Å². The molecule has 1 aromatic heterocycles. The second-order valence-electron chi connectivity index (χ2n) is 7.83. The van der Waals surface area contributed by atoms with E-state index in [1.54, 1.807) is 20.2 Å².